The molecule has 0 heterocycles. The quantitative estimate of drug-likeness (QED) is 0.0195. The molecule has 10 heteroatoms. The summed E-state index contributed by atoms with van der Waals surface area (Å²) in [6, 6.07) is 0. The number of ether oxygens (including phenoxy) is 2. The molecule has 0 fully saturated rings. The summed E-state index contributed by atoms with van der Waals surface area (Å²) in [6.07, 6.45) is 90.4. The van der Waals surface area contributed by atoms with Crippen LogP contribution in [0.4, 0.5) is 0 Å². The average Bonchev–Trinajstić information content (AvgIpc) is 3.46. The molecular weight excluding hydrogens is 1040 g/mol. The number of phosphoric ester groups is 1. The van der Waals surface area contributed by atoms with E-state index < -0.39 is 32.5 Å². The first-order valence-electron chi connectivity index (χ1n) is 32.5. The van der Waals surface area contributed by atoms with E-state index in [1.807, 2.05) is 21.1 Å². The zero-order valence-corrected chi connectivity index (χ0v) is 53.8. The van der Waals surface area contributed by atoms with Crippen molar-refractivity contribution in [1.29, 1.82) is 0 Å². The number of hydrogen-bond donors (Lipinski definition) is 0. The normalized spacial score (nSPS) is 14.2. The van der Waals surface area contributed by atoms with Crippen molar-refractivity contribution in [2.75, 3.05) is 47.5 Å². The van der Waals surface area contributed by atoms with Gasteiger partial charge in [0.15, 0.2) is 6.10 Å². The van der Waals surface area contributed by atoms with Crippen LogP contribution in [0.1, 0.15) is 245 Å². The van der Waals surface area contributed by atoms with Crippen molar-refractivity contribution >= 4 is 19.8 Å². The number of quaternary nitrogens is 1. The van der Waals surface area contributed by atoms with Gasteiger partial charge in [0.2, 0.25) is 0 Å². The second-order valence-corrected chi connectivity index (χ2v) is 23.8. The zero-order chi connectivity index (χ0) is 59.8. The predicted octanol–water partition coefficient (Wildman–Crippen LogP) is 20.4. The molecule has 0 spiro atoms. The minimum absolute atomic E-state index is 0.0401. The zero-order valence-electron chi connectivity index (χ0n) is 52.9. The van der Waals surface area contributed by atoms with Crippen LogP contribution >= 0.6 is 7.82 Å². The number of carbonyl (C=O) groups is 2. The third-order valence-electron chi connectivity index (χ3n) is 13.4. The Balaban J connectivity index is 4.16. The number of phosphoric acid groups is 1. The Labute approximate surface area is 503 Å². The molecule has 0 amide bonds. The first-order valence-corrected chi connectivity index (χ1v) is 34.0. The molecule has 0 aromatic carbocycles. The van der Waals surface area contributed by atoms with Crippen LogP contribution in [0.25, 0.3) is 0 Å². The van der Waals surface area contributed by atoms with Crippen molar-refractivity contribution in [3.8, 4) is 0 Å². The van der Waals surface area contributed by atoms with Gasteiger partial charge in [-0.3, -0.25) is 14.2 Å². The van der Waals surface area contributed by atoms with Crippen molar-refractivity contribution in [1.82, 2.24) is 0 Å². The van der Waals surface area contributed by atoms with Gasteiger partial charge in [-0.15, -0.1) is 0 Å². The molecule has 0 aromatic heterocycles. The maximum absolute atomic E-state index is 12.9. The molecule has 0 saturated carbocycles. The minimum atomic E-state index is -4.65. The second-order valence-electron chi connectivity index (χ2n) is 22.4. The molecule has 82 heavy (non-hydrogen) atoms. The summed E-state index contributed by atoms with van der Waals surface area (Å²) in [5.41, 5.74) is 0. The van der Waals surface area contributed by atoms with Crippen molar-refractivity contribution < 1.29 is 42.1 Å². The third kappa shape index (κ3) is 65.0. The maximum Gasteiger partial charge on any atom is 0.306 e. The van der Waals surface area contributed by atoms with Crippen LogP contribution < -0.4 is 4.89 Å². The van der Waals surface area contributed by atoms with Crippen molar-refractivity contribution in [3.63, 3.8) is 0 Å². The lowest BCUT2D eigenvalue weighted by molar-refractivity contribution is -0.870. The molecule has 0 aromatic rings. The number of likely N-dealkylation sites (N-methyl/N-ethyl adjacent to an activating group) is 1. The lowest BCUT2D eigenvalue weighted by Crippen LogP contribution is -2.37. The van der Waals surface area contributed by atoms with Crippen LogP contribution in [0.15, 0.2) is 146 Å². The van der Waals surface area contributed by atoms with E-state index in [0.717, 1.165) is 122 Å². The summed E-state index contributed by atoms with van der Waals surface area (Å²) in [4.78, 5) is 38.0. The number of rotatable bonds is 58. The molecular formula is C72H120NO8P. The largest absolute Gasteiger partial charge is 0.756 e. The van der Waals surface area contributed by atoms with E-state index >= 15 is 0 Å². The van der Waals surface area contributed by atoms with Gasteiger partial charge in [0.1, 0.15) is 19.8 Å². The van der Waals surface area contributed by atoms with Crippen molar-refractivity contribution in [2.45, 2.75) is 251 Å². The van der Waals surface area contributed by atoms with Gasteiger partial charge >= 0.3 is 11.9 Å². The Morgan fingerprint density at radius 1 is 0.378 bits per heavy atom. The van der Waals surface area contributed by atoms with Gasteiger partial charge in [0.25, 0.3) is 7.82 Å². The van der Waals surface area contributed by atoms with Crippen LogP contribution in [-0.2, 0) is 32.7 Å². The number of esters is 2. The molecule has 466 valence electrons. The molecule has 0 rings (SSSR count). The van der Waals surface area contributed by atoms with E-state index in [2.05, 4.69) is 160 Å². The van der Waals surface area contributed by atoms with E-state index in [0.29, 0.717) is 23.9 Å². The molecule has 0 N–H and O–H groups in total. The Morgan fingerprint density at radius 2 is 0.659 bits per heavy atom. The predicted molar refractivity (Wildman–Crippen MR) is 350 cm³/mol. The highest BCUT2D eigenvalue weighted by molar-refractivity contribution is 7.45. The summed E-state index contributed by atoms with van der Waals surface area (Å²) in [5.74, 6) is -0.852. The van der Waals surface area contributed by atoms with Gasteiger partial charge in [-0.25, -0.2) is 0 Å². The average molecular weight is 1160 g/mol. The fraction of sp³-hybridized carbons (Fsp3) is 0.639. The van der Waals surface area contributed by atoms with E-state index in [-0.39, 0.29) is 26.1 Å². The van der Waals surface area contributed by atoms with E-state index in [9.17, 15) is 19.0 Å². The number of unbranched alkanes of at least 4 members (excludes halogenated alkanes) is 20. The van der Waals surface area contributed by atoms with E-state index in [1.165, 1.54) is 83.5 Å². The van der Waals surface area contributed by atoms with Gasteiger partial charge in [0.05, 0.1) is 27.7 Å². The highest BCUT2D eigenvalue weighted by Crippen LogP contribution is 2.38. The van der Waals surface area contributed by atoms with Crippen LogP contribution in [-0.4, -0.2) is 70.0 Å². The monoisotopic (exact) mass is 1160 g/mol. The summed E-state index contributed by atoms with van der Waals surface area (Å²) >= 11 is 0. The Hall–Kier alpha value is -4.11. The number of carbonyl (C=O) groups excluding carboxylic acids is 2. The molecule has 9 nitrogen and oxygen atoms in total. The summed E-state index contributed by atoms with van der Waals surface area (Å²) in [5, 5.41) is 0. The van der Waals surface area contributed by atoms with Crippen LogP contribution in [0, 0.1) is 0 Å². The number of hydrogen-bond acceptors (Lipinski definition) is 8. The minimum Gasteiger partial charge on any atom is -0.756 e. The first kappa shape index (κ1) is 77.9. The second kappa shape index (κ2) is 61.5. The fourth-order valence-corrected chi connectivity index (χ4v) is 9.16. The van der Waals surface area contributed by atoms with Crippen molar-refractivity contribution in [2.24, 2.45) is 0 Å². The molecule has 0 radical (unpaired) electrons. The van der Waals surface area contributed by atoms with E-state index in [4.69, 9.17) is 18.5 Å². The van der Waals surface area contributed by atoms with Crippen LogP contribution in [0.2, 0.25) is 0 Å². The summed E-state index contributed by atoms with van der Waals surface area (Å²) in [7, 11) is 1.14. The molecule has 0 saturated heterocycles. The SMILES string of the molecule is CC/C=C\C/C=C\C/C=C\C/C=C\C/C=C\C/C=C\CCCCCCCCCCCCCCC(=O)OC(COC(=O)CCCCCCCCCC/C=C\C/C=C\C/C=C\C/C=C\C/C=C\C/C=C\CC)COP(=O)([O-])OCC[N+](C)(C)C. The van der Waals surface area contributed by atoms with Gasteiger partial charge in [-0.2, -0.15) is 0 Å². The van der Waals surface area contributed by atoms with Gasteiger partial charge in [0, 0.05) is 12.8 Å². The Kier molecular flexibility index (Phi) is 58.4. The Bertz CT molecular complexity index is 1890. The third-order valence-corrected chi connectivity index (χ3v) is 14.3. The molecule has 2 unspecified atom stereocenters. The van der Waals surface area contributed by atoms with Crippen LogP contribution in [0.3, 0.4) is 0 Å². The standard InChI is InChI=1S/C72H120NO8P/c1-6-8-10-12-14-16-18-20-22-24-26-28-30-32-34-35-36-37-39-41-43-45-47-49-51-53-55-57-59-61-63-65-72(75)81-70(69-80-82(76,77)79-67-66-73(3,4)5)68-78-71(74)64-62-60-58-56-54-52-50-48-46-44-42-40-38-33-31-29-27-25-23-21-19-17-15-13-11-9-7-2/h8-11,14-17,20-23,26-29,32-34,36-38,42,44,70H,6-7,12-13,18-19,24-25,30-31,35,39-41,43,45-69H2,1-5H3/b10-8-,11-9-,16-14-,17-15-,22-20-,23-21-,28-26-,29-27-,34-32-,37-36-,38-33-,44-42-. The number of nitrogens with zero attached hydrogens (tertiary/aromatic N) is 1. The molecule has 0 aliphatic carbocycles. The van der Waals surface area contributed by atoms with Crippen LogP contribution in [0.5, 0.6) is 0 Å². The molecule has 0 aliphatic rings. The molecule has 2 atom stereocenters. The van der Waals surface area contributed by atoms with Gasteiger partial charge in [-0.1, -0.05) is 262 Å². The van der Waals surface area contributed by atoms with Crippen molar-refractivity contribution in [3.05, 3.63) is 146 Å². The fourth-order valence-electron chi connectivity index (χ4n) is 8.43. The smallest absolute Gasteiger partial charge is 0.306 e. The van der Waals surface area contributed by atoms with Gasteiger partial charge < -0.3 is 27.9 Å². The topological polar surface area (TPSA) is 111 Å². The van der Waals surface area contributed by atoms with E-state index in [1.54, 1.807) is 0 Å². The first-order chi connectivity index (χ1) is 40.0. The Morgan fingerprint density at radius 3 is 0.976 bits per heavy atom. The highest BCUT2D eigenvalue weighted by Gasteiger charge is 2.22. The molecule has 0 aliphatic heterocycles. The van der Waals surface area contributed by atoms with Gasteiger partial charge in [-0.05, 0) is 116 Å². The summed E-state index contributed by atoms with van der Waals surface area (Å²) in [6.45, 7) is 3.99. The highest BCUT2D eigenvalue weighted by atomic mass is 31.2. The molecule has 0 bridgehead atoms. The number of allylic oxidation sites excluding steroid dienone is 24. The lowest BCUT2D eigenvalue weighted by atomic mass is 10.0. The summed E-state index contributed by atoms with van der Waals surface area (Å²) < 4.78 is 34.3. The lowest BCUT2D eigenvalue weighted by Gasteiger charge is -2.28. The maximum atomic E-state index is 12.9.